The van der Waals surface area contributed by atoms with E-state index in [2.05, 4.69) is 11.6 Å². The maximum absolute atomic E-state index is 5.85. The monoisotopic (exact) mass is 203 g/mol. The van der Waals surface area contributed by atoms with Gasteiger partial charge in [-0.15, -0.1) is 0 Å². The third-order valence-electron chi connectivity index (χ3n) is 2.19. The highest BCUT2D eigenvalue weighted by molar-refractivity contribution is 6.30. The maximum atomic E-state index is 5.85. The van der Waals surface area contributed by atoms with Gasteiger partial charge in [-0.3, -0.25) is 0 Å². The molecule has 2 rings (SSSR count). The Hall–Kier alpha value is -1.34. The first-order valence-electron chi connectivity index (χ1n) is 4.38. The number of allylic oxidation sites excluding steroid dienone is 1. The summed E-state index contributed by atoms with van der Waals surface area (Å²) in [6.45, 7) is 5.93. The van der Waals surface area contributed by atoms with Crippen molar-refractivity contribution in [3.63, 3.8) is 0 Å². The number of hydrogen-bond acceptors (Lipinski definition) is 1. The van der Waals surface area contributed by atoms with Crippen LogP contribution in [0.1, 0.15) is 12.5 Å². The van der Waals surface area contributed by atoms with E-state index in [4.69, 9.17) is 11.6 Å². The predicted octanol–water partition coefficient (Wildman–Crippen LogP) is 3.92. The number of hydrogen-bond donors (Lipinski definition) is 0. The third kappa shape index (κ3) is 1.51. The van der Waals surface area contributed by atoms with Crippen molar-refractivity contribution in [3.8, 4) is 0 Å². The first kappa shape index (κ1) is 9.22. The van der Waals surface area contributed by atoms with Crippen LogP contribution in [0.2, 0.25) is 5.15 Å². The van der Waals surface area contributed by atoms with E-state index < -0.39 is 0 Å². The standard InChI is InChI=1S/C12H10ClN/c1-8(2)10-5-3-4-9-7-14-12(13)6-11(9)10/h3-7H,1H2,2H3. The van der Waals surface area contributed by atoms with E-state index in [0.717, 1.165) is 21.9 Å². The molecule has 0 saturated carbocycles. The van der Waals surface area contributed by atoms with Crippen molar-refractivity contribution >= 4 is 27.9 Å². The molecule has 1 aromatic carbocycles. The van der Waals surface area contributed by atoms with Gasteiger partial charge in [0.2, 0.25) is 0 Å². The molecule has 0 spiro atoms. The van der Waals surface area contributed by atoms with Crippen molar-refractivity contribution in [2.24, 2.45) is 0 Å². The van der Waals surface area contributed by atoms with Crippen LogP contribution in [-0.4, -0.2) is 4.98 Å². The molecular weight excluding hydrogens is 194 g/mol. The lowest BCUT2D eigenvalue weighted by molar-refractivity contribution is 1.36. The van der Waals surface area contributed by atoms with E-state index in [-0.39, 0.29) is 0 Å². The van der Waals surface area contributed by atoms with E-state index in [9.17, 15) is 0 Å². The van der Waals surface area contributed by atoms with E-state index in [0.29, 0.717) is 5.15 Å². The zero-order valence-electron chi connectivity index (χ0n) is 7.92. The summed E-state index contributed by atoms with van der Waals surface area (Å²) in [4.78, 5) is 4.04. The lowest BCUT2D eigenvalue weighted by atomic mass is 10.0. The fourth-order valence-corrected chi connectivity index (χ4v) is 1.67. The predicted molar refractivity (Wildman–Crippen MR) is 61.5 cm³/mol. The summed E-state index contributed by atoms with van der Waals surface area (Å²) in [6, 6.07) is 7.94. The second-order valence-corrected chi connectivity index (χ2v) is 3.70. The van der Waals surface area contributed by atoms with Gasteiger partial charge in [-0.05, 0) is 23.9 Å². The average molecular weight is 204 g/mol. The highest BCUT2D eigenvalue weighted by Crippen LogP contribution is 2.25. The molecule has 2 aromatic rings. The zero-order valence-corrected chi connectivity index (χ0v) is 8.67. The van der Waals surface area contributed by atoms with E-state index in [1.165, 1.54) is 0 Å². The number of halogens is 1. The molecule has 0 atom stereocenters. The minimum Gasteiger partial charge on any atom is -0.244 e. The van der Waals surface area contributed by atoms with Gasteiger partial charge in [0.25, 0.3) is 0 Å². The first-order chi connectivity index (χ1) is 6.68. The number of benzene rings is 1. The van der Waals surface area contributed by atoms with E-state index >= 15 is 0 Å². The van der Waals surface area contributed by atoms with Crippen LogP contribution in [0, 0.1) is 0 Å². The van der Waals surface area contributed by atoms with Crippen LogP contribution in [0.15, 0.2) is 37.0 Å². The molecule has 0 unspecified atom stereocenters. The minimum atomic E-state index is 0.520. The van der Waals surface area contributed by atoms with Crippen LogP contribution in [0.3, 0.4) is 0 Å². The summed E-state index contributed by atoms with van der Waals surface area (Å²) in [7, 11) is 0. The maximum Gasteiger partial charge on any atom is 0.129 e. The van der Waals surface area contributed by atoms with Gasteiger partial charge in [-0.25, -0.2) is 4.98 Å². The normalized spacial score (nSPS) is 10.4. The molecule has 1 aromatic heterocycles. The summed E-state index contributed by atoms with van der Waals surface area (Å²) in [5, 5.41) is 2.72. The summed E-state index contributed by atoms with van der Waals surface area (Å²) >= 11 is 5.85. The second kappa shape index (κ2) is 3.43. The highest BCUT2D eigenvalue weighted by atomic mass is 35.5. The van der Waals surface area contributed by atoms with Gasteiger partial charge in [-0.2, -0.15) is 0 Å². The zero-order chi connectivity index (χ0) is 10.1. The molecule has 0 aliphatic heterocycles. The summed E-state index contributed by atoms with van der Waals surface area (Å²) in [5.74, 6) is 0. The quantitative estimate of drug-likeness (QED) is 0.641. The van der Waals surface area contributed by atoms with Crippen LogP contribution >= 0.6 is 11.6 Å². The Morgan fingerprint density at radius 2 is 2.21 bits per heavy atom. The molecule has 0 aliphatic carbocycles. The van der Waals surface area contributed by atoms with Gasteiger partial charge in [-0.1, -0.05) is 42.0 Å². The Kier molecular flexibility index (Phi) is 2.26. The topological polar surface area (TPSA) is 12.9 Å². The van der Waals surface area contributed by atoms with Crippen molar-refractivity contribution in [2.75, 3.05) is 0 Å². The molecule has 70 valence electrons. The van der Waals surface area contributed by atoms with Gasteiger partial charge in [0.05, 0.1) is 0 Å². The number of aromatic nitrogens is 1. The smallest absolute Gasteiger partial charge is 0.129 e. The fourth-order valence-electron chi connectivity index (χ4n) is 1.52. The largest absolute Gasteiger partial charge is 0.244 e. The Morgan fingerprint density at radius 1 is 1.43 bits per heavy atom. The van der Waals surface area contributed by atoms with Crippen molar-refractivity contribution in [1.29, 1.82) is 0 Å². The van der Waals surface area contributed by atoms with Crippen LogP contribution in [-0.2, 0) is 0 Å². The van der Waals surface area contributed by atoms with Crippen LogP contribution in [0.5, 0.6) is 0 Å². The molecule has 0 aliphatic rings. The van der Waals surface area contributed by atoms with Gasteiger partial charge >= 0.3 is 0 Å². The Morgan fingerprint density at radius 3 is 2.93 bits per heavy atom. The summed E-state index contributed by atoms with van der Waals surface area (Å²) in [6.07, 6.45) is 1.78. The molecule has 0 saturated heterocycles. The van der Waals surface area contributed by atoms with Crippen LogP contribution in [0.25, 0.3) is 16.3 Å². The number of pyridine rings is 1. The van der Waals surface area contributed by atoms with E-state index in [1.54, 1.807) is 6.20 Å². The molecule has 2 heteroatoms. The molecule has 0 amide bonds. The fraction of sp³-hybridized carbons (Fsp3) is 0.0833. The third-order valence-corrected chi connectivity index (χ3v) is 2.40. The molecule has 0 radical (unpaired) electrons. The Labute approximate surface area is 88.0 Å². The van der Waals surface area contributed by atoms with Crippen LogP contribution in [0.4, 0.5) is 0 Å². The number of fused-ring (bicyclic) bond motifs is 1. The number of rotatable bonds is 1. The molecule has 0 bridgehead atoms. The van der Waals surface area contributed by atoms with Gasteiger partial charge in [0.1, 0.15) is 5.15 Å². The number of nitrogens with zero attached hydrogens (tertiary/aromatic N) is 1. The van der Waals surface area contributed by atoms with Gasteiger partial charge in [0, 0.05) is 11.6 Å². The first-order valence-corrected chi connectivity index (χ1v) is 4.76. The highest BCUT2D eigenvalue weighted by Gasteiger charge is 2.02. The molecule has 0 fully saturated rings. The summed E-state index contributed by atoms with van der Waals surface area (Å²) < 4.78 is 0. The van der Waals surface area contributed by atoms with Crippen molar-refractivity contribution in [3.05, 3.63) is 47.8 Å². The Balaban J connectivity index is 2.84. The van der Waals surface area contributed by atoms with Crippen molar-refractivity contribution in [2.45, 2.75) is 6.92 Å². The minimum absolute atomic E-state index is 0.520. The van der Waals surface area contributed by atoms with Crippen molar-refractivity contribution < 1.29 is 0 Å². The van der Waals surface area contributed by atoms with Gasteiger partial charge in [0.15, 0.2) is 0 Å². The van der Waals surface area contributed by atoms with E-state index in [1.807, 2.05) is 31.2 Å². The molecule has 1 heterocycles. The second-order valence-electron chi connectivity index (χ2n) is 3.31. The molecule has 14 heavy (non-hydrogen) atoms. The van der Waals surface area contributed by atoms with Crippen molar-refractivity contribution in [1.82, 2.24) is 4.98 Å². The lowest BCUT2D eigenvalue weighted by Gasteiger charge is -2.05. The molecular formula is C12H10ClN. The summed E-state index contributed by atoms with van der Waals surface area (Å²) in [5.41, 5.74) is 2.17. The van der Waals surface area contributed by atoms with Crippen LogP contribution < -0.4 is 0 Å². The SMILES string of the molecule is C=C(C)c1cccc2cnc(Cl)cc12. The lowest BCUT2D eigenvalue weighted by Crippen LogP contribution is -1.83. The molecule has 0 N–H and O–H groups in total. The van der Waals surface area contributed by atoms with Gasteiger partial charge < -0.3 is 0 Å². The average Bonchev–Trinajstić information content (AvgIpc) is 2.16. The Bertz CT molecular complexity index is 503. The molecule has 1 nitrogen and oxygen atoms in total.